The minimum absolute atomic E-state index is 0.0215. The fourth-order valence-electron chi connectivity index (χ4n) is 3.95. The first kappa shape index (κ1) is 20.7. The molecule has 0 aromatic heterocycles. The van der Waals surface area contributed by atoms with E-state index in [1.807, 2.05) is 59.5 Å². The van der Waals surface area contributed by atoms with E-state index in [-0.39, 0.29) is 24.5 Å². The second-order valence-corrected chi connectivity index (χ2v) is 7.36. The molecule has 2 aromatic carbocycles. The summed E-state index contributed by atoms with van der Waals surface area (Å²) >= 11 is 0. The van der Waals surface area contributed by atoms with Gasteiger partial charge in [-0.3, -0.25) is 4.79 Å². The van der Waals surface area contributed by atoms with Crippen LogP contribution in [0.5, 0.6) is 5.75 Å². The van der Waals surface area contributed by atoms with Gasteiger partial charge in [-0.2, -0.15) is 0 Å². The summed E-state index contributed by atoms with van der Waals surface area (Å²) < 4.78 is 5.49. The zero-order valence-corrected chi connectivity index (χ0v) is 16.7. The molecule has 6 nitrogen and oxygen atoms in total. The lowest BCUT2D eigenvalue weighted by Crippen LogP contribution is -2.45. The third kappa shape index (κ3) is 5.50. The van der Waals surface area contributed by atoms with Crippen molar-refractivity contribution in [3.8, 4) is 5.75 Å². The molecule has 1 saturated heterocycles. The minimum atomic E-state index is -0.856. The number of carbonyl (C=O) groups excluding carboxylic acids is 1. The number of ether oxygens (including phenoxy) is 1. The van der Waals surface area contributed by atoms with E-state index in [1.54, 1.807) is 7.11 Å². The highest BCUT2D eigenvalue weighted by molar-refractivity contribution is 5.76. The molecule has 1 heterocycles. The molecule has 0 spiro atoms. The maximum absolute atomic E-state index is 13.1. The standard InChI is InChI=1S/C23H28N2O4/c1-29-21-12-6-5-10-19(21)20-11-7-15-25(20)23(28)24-18(13-14-22(26)27)16-17-8-3-2-4-9-17/h2-6,8-10,12,18,20H,7,11,13-16H2,1H3,(H,24,28)(H,26,27). The Bertz CT molecular complexity index is 825. The molecule has 2 amide bonds. The number of rotatable bonds is 8. The number of nitrogens with zero attached hydrogens (tertiary/aromatic N) is 1. The number of urea groups is 1. The average molecular weight is 396 g/mol. The number of para-hydroxylation sites is 1. The van der Waals surface area contributed by atoms with Gasteiger partial charge in [0.1, 0.15) is 5.75 Å². The van der Waals surface area contributed by atoms with E-state index in [4.69, 9.17) is 9.84 Å². The van der Waals surface area contributed by atoms with Crippen LogP contribution in [0, 0.1) is 0 Å². The summed E-state index contributed by atoms with van der Waals surface area (Å²) in [6.07, 6.45) is 2.82. The van der Waals surface area contributed by atoms with Crippen molar-refractivity contribution in [2.45, 2.75) is 44.2 Å². The molecule has 2 N–H and O–H groups in total. The Morgan fingerprint density at radius 2 is 1.90 bits per heavy atom. The molecule has 2 unspecified atom stereocenters. The number of methoxy groups -OCH3 is 1. The number of likely N-dealkylation sites (tertiary alicyclic amines) is 1. The van der Waals surface area contributed by atoms with Crippen LogP contribution < -0.4 is 10.1 Å². The van der Waals surface area contributed by atoms with E-state index in [0.29, 0.717) is 19.4 Å². The molecule has 29 heavy (non-hydrogen) atoms. The van der Waals surface area contributed by atoms with Gasteiger partial charge in [0, 0.05) is 24.6 Å². The highest BCUT2D eigenvalue weighted by Gasteiger charge is 2.32. The number of aliphatic carboxylic acids is 1. The quantitative estimate of drug-likeness (QED) is 0.706. The summed E-state index contributed by atoms with van der Waals surface area (Å²) in [5.41, 5.74) is 2.08. The van der Waals surface area contributed by atoms with Gasteiger partial charge in [0.2, 0.25) is 0 Å². The molecule has 154 valence electrons. The lowest BCUT2D eigenvalue weighted by atomic mass is 10.0. The number of nitrogens with one attached hydrogen (secondary N) is 1. The Labute approximate surface area is 171 Å². The summed E-state index contributed by atoms with van der Waals surface area (Å²) in [5.74, 6) is -0.0747. The van der Waals surface area contributed by atoms with Gasteiger partial charge in [0.15, 0.2) is 0 Å². The Morgan fingerprint density at radius 3 is 2.62 bits per heavy atom. The van der Waals surface area contributed by atoms with Crippen molar-refractivity contribution in [3.63, 3.8) is 0 Å². The first-order chi connectivity index (χ1) is 14.1. The van der Waals surface area contributed by atoms with Crippen molar-refractivity contribution in [2.75, 3.05) is 13.7 Å². The molecule has 0 aliphatic carbocycles. The maximum atomic E-state index is 13.1. The average Bonchev–Trinajstić information content (AvgIpc) is 3.22. The van der Waals surface area contributed by atoms with Crippen LogP contribution in [-0.2, 0) is 11.2 Å². The van der Waals surface area contributed by atoms with E-state index < -0.39 is 5.97 Å². The van der Waals surface area contributed by atoms with Gasteiger partial charge in [-0.1, -0.05) is 48.5 Å². The molecule has 2 atom stereocenters. The highest BCUT2D eigenvalue weighted by atomic mass is 16.5. The Morgan fingerprint density at radius 1 is 1.17 bits per heavy atom. The number of benzene rings is 2. The van der Waals surface area contributed by atoms with Crippen molar-refractivity contribution >= 4 is 12.0 Å². The van der Waals surface area contributed by atoms with Crippen LogP contribution in [0.25, 0.3) is 0 Å². The van der Waals surface area contributed by atoms with Crippen molar-refractivity contribution in [3.05, 3.63) is 65.7 Å². The lowest BCUT2D eigenvalue weighted by molar-refractivity contribution is -0.137. The maximum Gasteiger partial charge on any atom is 0.318 e. The van der Waals surface area contributed by atoms with Gasteiger partial charge < -0.3 is 20.1 Å². The number of carboxylic acid groups (broad SMARTS) is 1. The molecule has 3 rings (SSSR count). The van der Waals surface area contributed by atoms with Crippen LogP contribution in [0.15, 0.2) is 54.6 Å². The fraction of sp³-hybridized carbons (Fsp3) is 0.391. The van der Waals surface area contributed by atoms with E-state index in [1.165, 1.54) is 0 Å². The predicted octanol–water partition coefficient (Wildman–Crippen LogP) is 4.02. The zero-order valence-electron chi connectivity index (χ0n) is 16.7. The SMILES string of the molecule is COc1ccccc1C1CCCN1C(=O)NC(CCC(=O)O)Cc1ccccc1. The highest BCUT2D eigenvalue weighted by Crippen LogP contribution is 2.36. The van der Waals surface area contributed by atoms with Gasteiger partial charge in [-0.25, -0.2) is 4.79 Å². The summed E-state index contributed by atoms with van der Waals surface area (Å²) in [5, 5.41) is 12.2. The number of carbonyl (C=O) groups is 2. The molecular weight excluding hydrogens is 368 g/mol. The van der Waals surface area contributed by atoms with Crippen LogP contribution in [0.2, 0.25) is 0 Å². The van der Waals surface area contributed by atoms with Crippen LogP contribution >= 0.6 is 0 Å². The second kappa shape index (κ2) is 9.96. The van der Waals surface area contributed by atoms with Crippen LogP contribution in [0.1, 0.15) is 42.9 Å². The summed E-state index contributed by atoms with van der Waals surface area (Å²) in [4.78, 5) is 26.0. The Hall–Kier alpha value is -3.02. The van der Waals surface area contributed by atoms with Gasteiger partial charge in [0.25, 0.3) is 0 Å². The molecular formula is C23H28N2O4. The number of amides is 2. The summed E-state index contributed by atoms with van der Waals surface area (Å²) in [6, 6.07) is 17.2. The van der Waals surface area contributed by atoms with Crippen molar-refractivity contribution in [1.29, 1.82) is 0 Å². The molecule has 0 saturated carbocycles. The van der Waals surface area contributed by atoms with Gasteiger partial charge in [-0.05, 0) is 37.3 Å². The molecule has 0 radical (unpaired) electrons. The Balaban J connectivity index is 1.72. The monoisotopic (exact) mass is 396 g/mol. The molecule has 2 aromatic rings. The third-order valence-corrected chi connectivity index (χ3v) is 5.37. The second-order valence-electron chi connectivity index (χ2n) is 7.36. The fourth-order valence-corrected chi connectivity index (χ4v) is 3.95. The van der Waals surface area contributed by atoms with E-state index in [2.05, 4.69) is 5.32 Å². The van der Waals surface area contributed by atoms with E-state index in [9.17, 15) is 9.59 Å². The number of hydrogen-bond donors (Lipinski definition) is 2. The Kier molecular flexibility index (Phi) is 7.11. The molecule has 6 heteroatoms. The van der Waals surface area contributed by atoms with Crippen molar-refractivity contribution < 1.29 is 19.4 Å². The van der Waals surface area contributed by atoms with E-state index >= 15 is 0 Å². The topological polar surface area (TPSA) is 78.9 Å². The van der Waals surface area contributed by atoms with Crippen LogP contribution in [0.3, 0.4) is 0 Å². The van der Waals surface area contributed by atoms with Crippen molar-refractivity contribution in [1.82, 2.24) is 10.2 Å². The first-order valence-corrected chi connectivity index (χ1v) is 10.0. The van der Waals surface area contributed by atoms with Crippen LogP contribution in [0.4, 0.5) is 4.79 Å². The molecule has 1 fully saturated rings. The van der Waals surface area contributed by atoms with E-state index in [0.717, 1.165) is 29.7 Å². The first-order valence-electron chi connectivity index (χ1n) is 10.0. The van der Waals surface area contributed by atoms with Crippen LogP contribution in [-0.4, -0.2) is 41.7 Å². The van der Waals surface area contributed by atoms with Gasteiger partial charge >= 0.3 is 12.0 Å². The molecule has 1 aliphatic heterocycles. The van der Waals surface area contributed by atoms with Gasteiger partial charge in [0.05, 0.1) is 13.2 Å². The lowest BCUT2D eigenvalue weighted by Gasteiger charge is -2.29. The normalized spacial score (nSPS) is 17.0. The summed E-state index contributed by atoms with van der Waals surface area (Å²) in [7, 11) is 1.64. The predicted molar refractivity (Wildman–Crippen MR) is 111 cm³/mol. The minimum Gasteiger partial charge on any atom is -0.496 e. The largest absolute Gasteiger partial charge is 0.496 e. The zero-order chi connectivity index (χ0) is 20.6. The molecule has 1 aliphatic rings. The third-order valence-electron chi connectivity index (χ3n) is 5.37. The number of hydrogen-bond acceptors (Lipinski definition) is 3. The van der Waals surface area contributed by atoms with Gasteiger partial charge in [-0.15, -0.1) is 0 Å². The van der Waals surface area contributed by atoms with Crippen molar-refractivity contribution in [2.24, 2.45) is 0 Å². The summed E-state index contributed by atoms with van der Waals surface area (Å²) in [6.45, 7) is 0.672. The smallest absolute Gasteiger partial charge is 0.318 e. The number of carboxylic acids is 1. The molecule has 0 bridgehead atoms.